The van der Waals surface area contributed by atoms with Crippen molar-refractivity contribution in [3.05, 3.63) is 23.8 Å². The topological polar surface area (TPSA) is 47.7 Å². The van der Waals surface area contributed by atoms with E-state index in [-0.39, 0.29) is 0 Å². The normalized spacial score (nSPS) is 23.6. The number of methoxy groups -OCH3 is 2. The molecule has 1 heterocycles. The summed E-state index contributed by atoms with van der Waals surface area (Å²) in [5, 5.41) is 0. The molecule has 1 aliphatic heterocycles. The number of hydrogen-bond donors (Lipinski definition) is 1. The molecule has 1 fully saturated rings. The highest BCUT2D eigenvalue weighted by molar-refractivity contribution is 5.40. The van der Waals surface area contributed by atoms with E-state index in [1.165, 1.54) is 5.56 Å². The van der Waals surface area contributed by atoms with Crippen molar-refractivity contribution < 1.29 is 9.47 Å². The number of benzene rings is 1. The molecule has 2 atom stereocenters. The largest absolute Gasteiger partial charge is 0.497 e. The van der Waals surface area contributed by atoms with Crippen molar-refractivity contribution in [2.45, 2.75) is 32.4 Å². The van der Waals surface area contributed by atoms with Gasteiger partial charge in [0.25, 0.3) is 0 Å². The van der Waals surface area contributed by atoms with E-state index in [1.54, 1.807) is 14.2 Å². The first-order chi connectivity index (χ1) is 9.67. The number of hydrogen-bond acceptors (Lipinski definition) is 4. The van der Waals surface area contributed by atoms with Crippen molar-refractivity contribution >= 4 is 0 Å². The predicted molar refractivity (Wildman–Crippen MR) is 81.2 cm³/mol. The molecule has 112 valence electrons. The van der Waals surface area contributed by atoms with Crippen LogP contribution in [0.3, 0.4) is 0 Å². The molecule has 2 N–H and O–H groups in total. The minimum Gasteiger partial charge on any atom is -0.497 e. The molecule has 0 amide bonds. The minimum absolute atomic E-state index is 0.350. The van der Waals surface area contributed by atoms with Crippen LogP contribution in [0.2, 0.25) is 0 Å². The summed E-state index contributed by atoms with van der Waals surface area (Å²) in [7, 11) is 3.41. The number of rotatable bonds is 5. The van der Waals surface area contributed by atoms with Crippen LogP contribution in [0, 0.1) is 5.92 Å². The van der Waals surface area contributed by atoms with Gasteiger partial charge in [0.1, 0.15) is 11.5 Å². The van der Waals surface area contributed by atoms with E-state index in [0.717, 1.165) is 44.0 Å². The van der Waals surface area contributed by atoms with Gasteiger partial charge in [0.15, 0.2) is 0 Å². The number of ether oxygens (including phenoxy) is 2. The first-order valence-corrected chi connectivity index (χ1v) is 7.36. The zero-order chi connectivity index (χ0) is 14.5. The lowest BCUT2D eigenvalue weighted by atomic mass is 9.90. The molecule has 0 radical (unpaired) electrons. The van der Waals surface area contributed by atoms with Crippen molar-refractivity contribution in [3.8, 4) is 11.5 Å². The maximum atomic E-state index is 6.18. The van der Waals surface area contributed by atoms with Gasteiger partial charge in [0.05, 0.1) is 14.2 Å². The third kappa shape index (κ3) is 3.44. The molecule has 0 bridgehead atoms. The predicted octanol–water partition coefficient (Wildman–Crippen LogP) is 2.26. The summed E-state index contributed by atoms with van der Waals surface area (Å²) in [4.78, 5) is 2.47. The molecule has 4 heteroatoms. The molecule has 1 aromatic carbocycles. The van der Waals surface area contributed by atoms with E-state index in [2.05, 4.69) is 17.9 Å². The third-order valence-electron chi connectivity index (χ3n) is 4.28. The molecule has 0 spiro atoms. The Labute approximate surface area is 121 Å². The van der Waals surface area contributed by atoms with Gasteiger partial charge in [-0.15, -0.1) is 0 Å². The minimum atomic E-state index is 0.350. The van der Waals surface area contributed by atoms with Crippen molar-refractivity contribution in [2.24, 2.45) is 11.7 Å². The molecule has 4 nitrogen and oxygen atoms in total. The summed E-state index contributed by atoms with van der Waals surface area (Å²) >= 11 is 0. The van der Waals surface area contributed by atoms with Crippen molar-refractivity contribution in [1.29, 1.82) is 0 Å². The third-order valence-corrected chi connectivity index (χ3v) is 4.28. The van der Waals surface area contributed by atoms with Gasteiger partial charge < -0.3 is 15.2 Å². The van der Waals surface area contributed by atoms with Gasteiger partial charge in [-0.25, -0.2) is 0 Å². The Morgan fingerprint density at radius 3 is 2.75 bits per heavy atom. The van der Waals surface area contributed by atoms with Gasteiger partial charge in [0.2, 0.25) is 0 Å². The molecule has 2 rings (SSSR count). The summed E-state index contributed by atoms with van der Waals surface area (Å²) in [5.41, 5.74) is 7.35. The second-order valence-electron chi connectivity index (χ2n) is 5.53. The van der Waals surface area contributed by atoms with Crippen molar-refractivity contribution in [3.63, 3.8) is 0 Å². The standard InChI is InChI=1S/C16H26N2O2/c1-4-12-10-18(8-7-15(12)17)11-13-9-14(19-2)5-6-16(13)20-3/h5-6,9,12,15H,4,7-8,10-11,17H2,1-3H3. The van der Waals surface area contributed by atoms with Gasteiger partial charge in [-0.05, 0) is 37.1 Å². The summed E-state index contributed by atoms with van der Waals surface area (Å²) in [6.45, 7) is 5.24. The lowest BCUT2D eigenvalue weighted by Gasteiger charge is -2.36. The van der Waals surface area contributed by atoms with Crippen LogP contribution in [0.4, 0.5) is 0 Å². The lowest BCUT2D eigenvalue weighted by molar-refractivity contribution is 0.144. The Bertz CT molecular complexity index is 436. The van der Waals surface area contributed by atoms with Crippen LogP contribution in [-0.2, 0) is 6.54 Å². The summed E-state index contributed by atoms with van der Waals surface area (Å²) in [6.07, 6.45) is 2.22. The monoisotopic (exact) mass is 278 g/mol. The molecule has 1 aliphatic rings. The van der Waals surface area contributed by atoms with Gasteiger partial charge in [0, 0.05) is 24.7 Å². The zero-order valence-electron chi connectivity index (χ0n) is 12.8. The molecule has 1 saturated heterocycles. The van der Waals surface area contributed by atoms with Crippen molar-refractivity contribution in [1.82, 2.24) is 4.90 Å². The Kier molecular flexibility index (Phi) is 5.26. The van der Waals surface area contributed by atoms with Gasteiger partial charge in [-0.3, -0.25) is 4.90 Å². The van der Waals surface area contributed by atoms with Crippen LogP contribution < -0.4 is 15.2 Å². The molecule has 0 aliphatic carbocycles. The first kappa shape index (κ1) is 15.1. The Morgan fingerprint density at radius 1 is 1.30 bits per heavy atom. The summed E-state index contributed by atoms with van der Waals surface area (Å²) in [5.74, 6) is 2.40. The van der Waals surface area contributed by atoms with E-state index in [9.17, 15) is 0 Å². The quantitative estimate of drug-likeness (QED) is 0.897. The fourth-order valence-electron chi connectivity index (χ4n) is 2.95. The van der Waals surface area contributed by atoms with Crippen LogP contribution in [0.1, 0.15) is 25.3 Å². The van der Waals surface area contributed by atoms with E-state index in [0.29, 0.717) is 12.0 Å². The van der Waals surface area contributed by atoms with Crippen LogP contribution in [0.5, 0.6) is 11.5 Å². The average molecular weight is 278 g/mol. The molecule has 0 saturated carbocycles. The van der Waals surface area contributed by atoms with E-state index >= 15 is 0 Å². The second kappa shape index (κ2) is 6.95. The molecular weight excluding hydrogens is 252 g/mol. The molecule has 20 heavy (non-hydrogen) atoms. The van der Waals surface area contributed by atoms with Gasteiger partial charge in [-0.1, -0.05) is 13.3 Å². The highest BCUT2D eigenvalue weighted by atomic mass is 16.5. The second-order valence-corrected chi connectivity index (χ2v) is 5.53. The molecular formula is C16H26N2O2. The Hall–Kier alpha value is -1.26. The molecule has 2 unspecified atom stereocenters. The van der Waals surface area contributed by atoms with Gasteiger partial charge in [-0.2, -0.15) is 0 Å². The number of nitrogens with two attached hydrogens (primary N) is 1. The van der Waals surface area contributed by atoms with E-state index in [1.807, 2.05) is 12.1 Å². The average Bonchev–Trinajstić information content (AvgIpc) is 2.49. The fraction of sp³-hybridized carbons (Fsp3) is 0.625. The van der Waals surface area contributed by atoms with Crippen LogP contribution >= 0.6 is 0 Å². The summed E-state index contributed by atoms with van der Waals surface area (Å²) in [6, 6.07) is 6.32. The van der Waals surface area contributed by atoms with E-state index < -0.39 is 0 Å². The summed E-state index contributed by atoms with van der Waals surface area (Å²) < 4.78 is 10.8. The number of nitrogens with zero attached hydrogens (tertiary/aromatic N) is 1. The Balaban J connectivity index is 2.09. The number of likely N-dealkylation sites (tertiary alicyclic amines) is 1. The van der Waals surface area contributed by atoms with Crippen LogP contribution in [0.15, 0.2) is 18.2 Å². The van der Waals surface area contributed by atoms with E-state index in [4.69, 9.17) is 15.2 Å². The highest BCUT2D eigenvalue weighted by Gasteiger charge is 2.25. The SMILES string of the molecule is CCC1CN(Cc2cc(OC)ccc2OC)CCC1N. The van der Waals surface area contributed by atoms with Gasteiger partial charge >= 0.3 is 0 Å². The maximum absolute atomic E-state index is 6.18. The first-order valence-electron chi connectivity index (χ1n) is 7.36. The zero-order valence-corrected chi connectivity index (χ0v) is 12.8. The lowest BCUT2D eigenvalue weighted by Crippen LogP contribution is -2.46. The highest BCUT2D eigenvalue weighted by Crippen LogP contribution is 2.27. The molecule has 1 aromatic rings. The van der Waals surface area contributed by atoms with Crippen molar-refractivity contribution in [2.75, 3.05) is 27.3 Å². The number of piperidine rings is 1. The Morgan fingerprint density at radius 2 is 2.10 bits per heavy atom. The van der Waals surface area contributed by atoms with Crippen LogP contribution in [0.25, 0.3) is 0 Å². The maximum Gasteiger partial charge on any atom is 0.123 e. The van der Waals surface area contributed by atoms with Crippen LogP contribution in [-0.4, -0.2) is 38.3 Å². The molecule has 0 aromatic heterocycles. The fourth-order valence-corrected chi connectivity index (χ4v) is 2.95. The smallest absolute Gasteiger partial charge is 0.123 e.